The van der Waals surface area contributed by atoms with Crippen molar-refractivity contribution in [3.05, 3.63) is 12.2 Å². The zero-order chi connectivity index (χ0) is 11.6. The van der Waals surface area contributed by atoms with Crippen molar-refractivity contribution < 1.29 is 4.84 Å². The molecule has 2 heterocycles. The molecule has 0 atom stereocenters. The molecule has 0 aliphatic carbocycles. The summed E-state index contributed by atoms with van der Waals surface area (Å²) in [4.78, 5) is 9.51. The van der Waals surface area contributed by atoms with Gasteiger partial charge in [0.2, 0.25) is 0 Å². The van der Waals surface area contributed by atoms with E-state index in [0.29, 0.717) is 0 Å². The predicted octanol–water partition coefficient (Wildman–Crippen LogP) is 2.04. The van der Waals surface area contributed by atoms with Crippen molar-refractivity contribution in [2.75, 3.05) is 0 Å². The highest BCUT2D eigenvalue weighted by atomic mass is 32.2. The van der Waals surface area contributed by atoms with Crippen molar-refractivity contribution in [1.82, 2.24) is 14.8 Å². The molecule has 6 heteroatoms. The van der Waals surface area contributed by atoms with Gasteiger partial charge in [-0.05, 0) is 20.8 Å². The average molecular weight is 240 g/mol. The van der Waals surface area contributed by atoms with Crippen LogP contribution in [0.5, 0.6) is 0 Å². The Bertz CT molecular complexity index is 399. The zero-order valence-electron chi connectivity index (χ0n) is 9.80. The van der Waals surface area contributed by atoms with Crippen LogP contribution in [0.1, 0.15) is 33.0 Å². The van der Waals surface area contributed by atoms with Crippen LogP contribution in [0.15, 0.2) is 11.5 Å². The van der Waals surface area contributed by atoms with Crippen molar-refractivity contribution >= 4 is 16.8 Å². The molecule has 0 amide bonds. The van der Waals surface area contributed by atoms with Crippen molar-refractivity contribution in [3.63, 3.8) is 0 Å². The summed E-state index contributed by atoms with van der Waals surface area (Å²) in [5.74, 6) is 1.60. The Labute approximate surface area is 99.3 Å². The minimum absolute atomic E-state index is 0.154. The van der Waals surface area contributed by atoms with E-state index in [1.807, 2.05) is 25.5 Å². The van der Waals surface area contributed by atoms with Crippen molar-refractivity contribution in [3.8, 4) is 0 Å². The lowest BCUT2D eigenvalue weighted by Gasteiger charge is -2.12. The fraction of sp³-hybridized carbons (Fsp3) is 0.700. The third-order valence-corrected chi connectivity index (χ3v) is 3.20. The molecule has 1 aromatic heterocycles. The van der Waals surface area contributed by atoms with Gasteiger partial charge in [-0.1, -0.05) is 16.9 Å². The van der Waals surface area contributed by atoms with Gasteiger partial charge >= 0.3 is 0 Å². The number of nitrogens with zero attached hydrogens (tertiary/aromatic N) is 4. The molecule has 1 aromatic rings. The summed E-state index contributed by atoms with van der Waals surface area (Å²) in [6, 6.07) is 0. The van der Waals surface area contributed by atoms with Crippen molar-refractivity contribution in [1.29, 1.82) is 0 Å². The molecule has 88 valence electrons. The highest BCUT2D eigenvalue weighted by molar-refractivity contribution is 8.13. The fourth-order valence-electron chi connectivity index (χ4n) is 1.38. The van der Waals surface area contributed by atoms with Gasteiger partial charge in [0.25, 0.3) is 0 Å². The molecule has 0 aromatic carbocycles. The molecule has 0 spiro atoms. The molecule has 0 saturated heterocycles. The maximum absolute atomic E-state index is 5.29. The minimum atomic E-state index is -0.154. The van der Waals surface area contributed by atoms with Crippen LogP contribution in [0, 0.1) is 0 Å². The van der Waals surface area contributed by atoms with Crippen LogP contribution in [0.3, 0.4) is 0 Å². The molecule has 2 rings (SSSR count). The largest absolute Gasteiger partial charge is 0.389 e. The first-order valence-electron chi connectivity index (χ1n) is 5.35. The molecule has 0 N–H and O–H groups in total. The summed E-state index contributed by atoms with van der Waals surface area (Å²) < 4.78 is 1.83. The van der Waals surface area contributed by atoms with E-state index >= 15 is 0 Å². The molecule has 0 bridgehead atoms. The monoisotopic (exact) mass is 240 g/mol. The van der Waals surface area contributed by atoms with Crippen LogP contribution < -0.4 is 0 Å². The number of rotatable bonds is 3. The van der Waals surface area contributed by atoms with Crippen LogP contribution in [-0.4, -0.2) is 25.4 Å². The second kappa shape index (κ2) is 4.45. The SMILES string of the molecule is CCn1cnc(CSC2=NOC(C)(C)C2)n1. The molecule has 5 nitrogen and oxygen atoms in total. The lowest BCUT2D eigenvalue weighted by molar-refractivity contribution is 0.0123. The maximum atomic E-state index is 5.29. The van der Waals surface area contributed by atoms with Crippen LogP contribution in [0.25, 0.3) is 0 Å². The molecule has 0 fully saturated rings. The lowest BCUT2D eigenvalue weighted by Crippen LogP contribution is -2.18. The average Bonchev–Trinajstić information content (AvgIpc) is 2.81. The smallest absolute Gasteiger partial charge is 0.160 e. The third kappa shape index (κ3) is 2.75. The van der Waals surface area contributed by atoms with Crippen LogP contribution >= 0.6 is 11.8 Å². The number of aryl methyl sites for hydroxylation is 1. The van der Waals surface area contributed by atoms with E-state index < -0.39 is 0 Å². The van der Waals surface area contributed by atoms with Gasteiger partial charge in [0.05, 0.1) is 5.75 Å². The number of aromatic nitrogens is 3. The van der Waals surface area contributed by atoms with Gasteiger partial charge in [-0.15, -0.1) is 0 Å². The first kappa shape index (κ1) is 11.4. The van der Waals surface area contributed by atoms with E-state index in [1.54, 1.807) is 18.1 Å². The first-order chi connectivity index (χ1) is 7.59. The summed E-state index contributed by atoms with van der Waals surface area (Å²) in [5.41, 5.74) is -0.154. The third-order valence-electron chi connectivity index (χ3n) is 2.25. The van der Waals surface area contributed by atoms with Crippen LogP contribution in [0.2, 0.25) is 0 Å². The minimum Gasteiger partial charge on any atom is -0.389 e. The Kier molecular flexibility index (Phi) is 3.18. The molecular weight excluding hydrogens is 224 g/mol. The normalized spacial score (nSPS) is 18.3. The van der Waals surface area contributed by atoms with E-state index in [0.717, 1.165) is 29.6 Å². The standard InChI is InChI=1S/C10H16N4OS/c1-4-14-7-11-8(12-14)6-16-9-5-10(2,3)15-13-9/h7H,4-6H2,1-3H3. The molecule has 0 radical (unpaired) electrons. The Balaban J connectivity index is 1.84. The Hall–Kier alpha value is -1.04. The Morgan fingerprint density at radius 2 is 2.38 bits per heavy atom. The summed E-state index contributed by atoms with van der Waals surface area (Å²) >= 11 is 1.65. The highest BCUT2D eigenvalue weighted by Gasteiger charge is 2.29. The van der Waals surface area contributed by atoms with Crippen molar-refractivity contribution in [2.45, 2.75) is 45.1 Å². The number of hydrogen-bond acceptors (Lipinski definition) is 5. The van der Waals surface area contributed by atoms with Crippen LogP contribution in [0.4, 0.5) is 0 Å². The zero-order valence-corrected chi connectivity index (χ0v) is 10.6. The van der Waals surface area contributed by atoms with Gasteiger partial charge in [-0.3, -0.25) is 4.68 Å². The second-order valence-electron chi connectivity index (χ2n) is 4.32. The Morgan fingerprint density at radius 3 is 2.94 bits per heavy atom. The van der Waals surface area contributed by atoms with Gasteiger partial charge in [0.15, 0.2) is 5.82 Å². The molecule has 0 saturated carbocycles. The van der Waals surface area contributed by atoms with E-state index in [4.69, 9.17) is 4.84 Å². The van der Waals surface area contributed by atoms with Gasteiger partial charge in [-0.25, -0.2) is 4.98 Å². The van der Waals surface area contributed by atoms with E-state index in [2.05, 4.69) is 15.2 Å². The molecule has 1 aliphatic rings. The summed E-state index contributed by atoms with van der Waals surface area (Å²) in [7, 11) is 0. The topological polar surface area (TPSA) is 52.3 Å². The van der Waals surface area contributed by atoms with E-state index in [-0.39, 0.29) is 5.60 Å². The van der Waals surface area contributed by atoms with Gasteiger partial charge in [-0.2, -0.15) is 5.10 Å². The van der Waals surface area contributed by atoms with Gasteiger partial charge in [0.1, 0.15) is 17.0 Å². The van der Waals surface area contributed by atoms with Gasteiger partial charge in [0, 0.05) is 13.0 Å². The quantitative estimate of drug-likeness (QED) is 0.811. The van der Waals surface area contributed by atoms with E-state index in [1.165, 1.54) is 0 Å². The summed E-state index contributed by atoms with van der Waals surface area (Å²) in [5, 5.41) is 9.39. The Morgan fingerprint density at radius 1 is 1.56 bits per heavy atom. The van der Waals surface area contributed by atoms with Crippen molar-refractivity contribution in [2.24, 2.45) is 5.16 Å². The molecule has 1 aliphatic heterocycles. The van der Waals surface area contributed by atoms with E-state index in [9.17, 15) is 0 Å². The first-order valence-corrected chi connectivity index (χ1v) is 6.34. The van der Waals surface area contributed by atoms with Gasteiger partial charge < -0.3 is 4.84 Å². The van der Waals surface area contributed by atoms with Crippen LogP contribution in [-0.2, 0) is 17.1 Å². The number of thioether (sulfide) groups is 1. The maximum Gasteiger partial charge on any atom is 0.160 e. The molecule has 16 heavy (non-hydrogen) atoms. The molecule has 0 unspecified atom stereocenters. The highest BCUT2D eigenvalue weighted by Crippen LogP contribution is 2.28. The number of hydrogen-bond donors (Lipinski definition) is 0. The fourth-order valence-corrected chi connectivity index (χ4v) is 2.35. The predicted molar refractivity (Wildman–Crippen MR) is 64.2 cm³/mol. The second-order valence-corrected chi connectivity index (χ2v) is 5.37. The lowest BCUT2D eigenvalue weighted by atomic mass is 10.1. The molecular formula is C10H16N4OS. The summed E-state index contributed by atoms with van der Waals surface area (Å²) in [6.07, 6.45) is 2.62. The number of oxime groups is 1. The summed E-state index contributed by atoms with van der Waals surface area (Å²) in [6.45, 7) is 6.97.